The Morgan fingerprint density at radius 3 is 2.39 bits per heavy atom. The van der Waals surface area contributed by atoms with Crippen LogP contribution in [0.2, 0.25) is 0 Å². The van der Waals surface area contributed by atoms with Gasteiger partial charge in [-0.15, -0.1) is 11.8 Å². The first-order chi connectivity index (χ1) is 21.0. The van der Waals surface area contributed by atoms with Crippen LogP contribution in [0.25, 0.3) is 6.08 Å². The number of thioether (sulfide) groups is 1. The van der Waals surface area contributed by atoms with E-state index in [-0.39, 0.29) is 5.69 Å². The van der Waals surface area contributed by atoms with Gasteiger partial charge in [-0.3, -0.25) is 4.72 Å². The number of rotatable bonds is 18. The van der Waals surface area contributed by atoms with Gasteiger partial charge in [0.05, 0.1) is 19.4 Å². The molecule has 1 aromatic heterocycles. The number of benzene rings is 2. The Balaban J connectivity index is 1.46. The van der Waals surface area contributed by atoms with E-state index >= 15 is 0 Å². The minimum absolute atomic E-state index is 0.220. The molecule has 8 nitrogen and oxygen atoms in total. The van der Waals surface area contributed by atoms with Gasteiger partial charge in [0.1, 0.15) is 17.2 Å². The van der Waals surface area contributed by atoms with E-state index in [2.05, 4.69) is 17.1 Å². The summed E-state index contributed by atoms with van der Waals surface area (Å²) in [5, 5.41) is 9.08. The van der Waals surface area contributed by atoms with E-state index in [1.807, 2.05) is 12.1 Å². The van der Waals surface area contributed by atoms with Crippen molar-refractivity contribution in [2.45, 2.75) is 61.1 Å². The molecular weight excluding hydrogens is 617 g/mol. The fourth-order valence-corrected chi connectivity index (χ4v) is 5.52. The highest BCUT2D eigenvalue weighted by molar-refractivity contribution is 7.98. The number of nitrogens with one attached hydrogen (secondary N) is 1. The van der Waals surface area contributed by atoms with E-state index in [4.69, 9.17) is 14.6 Å². The van der Waals surface area contributed by atoms with Crippen LogP contribution in [0, 0.1) is 0 Å². The second-order valence-electron chi connectivity index (χ2n) is 9.79. The highest BCUT2D eigenvalue weighted by Gasteiger charge is 2.46. The molecule has 0 aliphatic rings. The summed E-state index contributed by atoms with van der Waals surface area (Å²) in [4.78, 5) is 16.1. The zero-order valence-electron chi connectivity index (χ0n) is 24.2. The first kappa shape index (κ1) is 34.8. The van der Waals surface area contributed by atoms with E-state index in [0.29, 0.717) is 34.4 Å². The van der Waals surface area contributed by atoms with Crippen molar-refractivity contribution < 1.29 is 41.0 Å². The van der Waals surface area contributed by atoms with E-state index in [1.54, 1.807) is 25.3 Å². The van der Waals surface area contributed by atoms with Crippen LogP contribution in [0.3, 0.4) is 0 Å². The molecule has 0 unspecified atom stereocenters. The number of hydrogen-bond acceptors (Lipinski definition) is 7. The van der Waals surface area contributed by atoms with Crippen molar-refractivity contribution in [3.63, 3.8) is 0 Å². The van der Waals surface area contributed by atoms with Gasteiger partial charge in [0.25, 0.3) is 0 Å². The van der Waals surface area contributed by atoms with Crippen molar-refractivity contribution in [3.8, 4) is 11.5 Å². The third-order valence-corrected chi connectivity index (χ3v) is 8.52. The van der Waals surface area contributed by atoms with Crippen LogP contribution in [0.1, 0.15) is 55.5 Å². The third-order valence-electron chi connectivity index (χ3n) is 6.38. The number of pyridine rings is 1. The molecular formula is C31H35F3N2O6S2. The Kier molecular flexibility index (Phi) is 13.4. The molecule has 0 spiro atoms. The number of halogens is 3. The fraction of sp³-hybridized carbons (Fsp3) is 0.355. The van der Waals surface area contributed by atoms with Crippen molar-refractivity contribution in [2.75, 3.05) is 18.4 Å². The van der Waals surface area contributed by atoms with Gasteiger partial charge in [0, 0.05) is 22.4 Å². The Bertz CT molecular complexity index is 1500. The molecule has 2 N–H and O–H groups in total. The lowest BCUT2D eigenvalue weighted by Gasteiger charge is -2.12. The molecule has 44 heavy (non-hydrogen) atoms. The fourth-order valence-electron chi connectivity index (χ4n) is 4.11. The van der Waals surface area contributed by atoms with Crippen LogP contribution >= 0.6 is 11.8 Å². The van der Waals surface area contributed by atoms with E-state index in [1.165, 1.54) is 46.3 Å². The normalized spacial score (nSPS) is 11.9. The average molecular weight is 653 g/mol. The molecule has 0 amide bonds. The van der Waals surface area contributed by atoms with Crippen LogP contribution in [0.5, 0.6) is 11.5 Å². The van der Waals surface area contributed by atoms with Crippen LogP contribution < -0.4 is 14.2 Å². The summed E-state index contributed by atoms with van der Waals surface area (Å²) in [6, 6.07) is 17.1. The van der Waals surface area contributed by atoms with Gasteiger partial charge in [-0.1, -0.05) is 43.9 Å². The number of alkyl halides is 3. The first-order valence-corrected chi connectivity index (χ1v) is 16.4. The monoisotopic (exact) mass is 652 g/mol. The number of nitrogens with zero attached hydrogens (tertiary/aromatic N) is 1. The Morgan fingerprint density at radius 1 is 1.00 bits per heavy atom. The van der Waals surface area contributed by atoms with Gasteiger partial charge in [-0.05, 0) is 73.4 Å². The Morgan fingerprint density at radius 2 is 1.70 bits per heavy atom. The zero-order valence-corrected chi connectivity index (χ0v) is 25.8. The van der Waals surface area contributed by atoms with Crippen molar-refractivity contribution in [2.24, 2.45) is 0 Å². The molecule has 0 saturated carbocycles. The van der Waals surface area contributed by atoms with Crippen LogP contribution in [-0.4, -0.2) is 43.7 Å². The minimum Gasteiger partial charge on any atom is -0.497 e. The van der Waals surface area contributed by atoms with Crippen molar-refractivity contribution >= 4 is 39.5 Å². The maximum Gasteiger partial charge on any atom is 0.516 e. The van der Waals surface area contributed by atoms with Gasteiger partial charge in [-0.2, -0.15) is 21.6 Å². The first-order valence-electron chi connectivity index (χ1n) is 14.0. The van der Waals surface area contributed by atoms with Crippen LogP contribution in [-0.2, 0) is 27.0 Å². The molecule has 0 bridgehead atoms. The maximum absolute atomic E-state index is 12.7. The van der Waals surface area contributed by atoms with Gasteiger partial charge in [-0.25, -0.2) is 9.78 Å². The number of anilines is 1. The summed E-state index contributed by atoms with van der Waals surface area (Å²) in [5.74, 6) is 0.460. The van der Waals surface area contributed by atoms with Crippen LogP contribution in [0.4, 0.5) is 18.9 Å². The number of hydrogen-bond donors (Lipinski definition) is 2. The second kappa shape index (κ2) is 17.0. The Labute approximate surface area is 259 Å². The molecule has 3 aromatic rings. The quantitative estimate of drug-likeness (QED) is 0.0816. The van der Waals surface area contributed by atoms with Crippen molar-refractivity contribution in [3.05, 3.63) is 83.7 Å². The number of carboxylic acid groups (broad SMARTS) is 1. The molecule has 1 heterocycles. The summed E-state index contributed by atoms with van der Waals surface area (Å²) < 4.78 is 73.5. The van der Waals surface area contributed by atoms with Crippen molar-refractivity contribution in [1.29, 1.82) is 0 Å². The highest BCUT2D eigenvalue weighted by atomic mass is 32.2. The minimum atomic E-state index is -5.53. The summed E-state index contributed by atoms with van der Waals surface area (Å²) in [6.45, 7) is 0.455. The number of ether oxygens (including phenoxy) is 2. The Hall–Kier alpha value is -3.71. The molecule has 0 fully saturated rings. The lowest BCUT2D eigenvalue weighted by Crippen LogP contribution is -2.29. The molecule has 2 aromatic carbocycles. The number of carbonyl (C=O) groups is 1. The summed E-state index contributed by atoms with van der Waals surface area (Å²) in [5.41, 5.74) is -3.43. The highest BCUT2D eigenvalue weighted by Crippen LogP contribution is 2.30. The van der Waals surface area contributed by atoms with Crippen LogP contribution in [0.15, 0.2) is 71.6 Å². The summed E-state index contributed by atoms with van der Waals surface area (Å²) >= 11 is 1.23. The van der Waals surface area contributed by atoms with Gasteiger partial charge in [0.15, 0.2) is 0 Å². The van der Waals surface area contributed by atoms with Gasteiger partial charge >= 0.3 is 21.5 Å². The second-order valence-corrected chi connectivity index (χ2v) is 12.5. The third kappa shape index (κ3) is 11.8. The number of methoxy groups -OCH3 is 1. The van der Waals surface area contributed by atoms with Crippen molar-refractivity contribution in [1.82, 2.24) is 4.98 Å². The molecule has 3 rings (SSSR count). The van der Waals surface area contributed by atoms with E-state index < -0.39 is 21.5 Å². The topological polar surface area (TPSA) is 115 Å². The average Bonchev–Trinajstić information content (AvgIpc) is 2.98. The molecule has 0 atom stereocenters. The number of aliphatic carboxylic acids is 1. The number of unbranched alkanes of at least 4 members (excludes halogenated alkanes) is 5. The van der Waals surface area contributed by atoms with E-state index in [0.717, 1.165) is 56.8 Å². The molecule has 0 aliphatic heterocycles. The number of sulfonamides is 1. The standard InChI is InChI=1S/C31H35F3N2O6S2/c1-41-26-15-12-23(13-16-26)9-6-4-2-3-5-7-20-42-29-18-14-25(35-28(29)17-19-30(37)38)22-43-27-11-8-10-24(21-27)36-44(39,40)31(32,33)34/h8,10-19,21,36H,2-7,9,20,22H2,1H3,(H,37,38)/b19-17+. The predicted octanol–water partition coefficient (Wildman–Crippen LogP) is 7.70. The summed E-state index contributed by atoms with van der Waals surface area (Å²) in [6.07, 6.45) is 9.69. The van der Waals surface area contributed by atoms with E-state index in [9.17, 15) is 26.4 Å². The van der Waals surface area contributed by atoms with Gasteiger partial charge in [0.2, 0.25) is 0 Å². The number of carboxylic acids is 1. The molecule has 0 saturated heterocycles. The molecule has 13 heteroatoms. The number of aromatic nitrogens is 1. The summed E-state index contributed by atoms with van der Waals surface area (Å²) in [7, 11) is -3.88. The zero-order chi connectivity index (χ0) is 32.0. The smallest absolute Gasteiger partial charge is 0.497 e. The number of aryl methyl sites for hydroxylation is 1. The maximum atomic E-state index is 12.7. The molecule has 0 aliphatic carbocycles. The largest absolute Gasteiger partial charge is 0.516 e. The molecule has 238 valence electrons. The lowest BCUT2D eigenvalue weighted by atomic mass is 10.0. The lowest BCUT2D eigenvalue weighted by molar-refractivity contribution is -0.131. The predicted molar refractivity (Wildman–Crippen MR) is 165 cm³/mol. The SMILES string of the molecule is COc1ccc(CCCCCCCCOc2ccc(CSc3cccc(NS(=O)(=O)C(F)(F)F)c3)nc2/C=C/C(=O)O)cc1. The van der Waals surface area contributed by atoms with Gasteiger partial charge < -0.3 is 14.6 Å². The molecule has 0 radical (unpaired) electrons.